The highest BCUT2D eigenvalue weighted by Crippen LogP contribution is 2.40. The maximum atomic E-state index is 12.8. The molecule has 1 heterocycles. The number of methoxy groups -OCH3 is 2. The predicted octanol–water partition coefficient (Wildman–Crippen LogP) is 4.11. The van der Waals surface area contributed by atoms with Gasteiger partial charge < -0.3 is 20.1 Å². The Morgan fingerprint density at radius 1 is 1.12 bits per heavy atom. The van der Waals surface area contributed by atoms with Crippen molar-refractivity contribution in [3.63, 3.8) is 0 Å². The Morgan fingerprint density at radius 3 is 2.62 bits per heavy atom. The summed E-state index contributed by atoms with van der Waals surface area (Å²) in [6, 6.07) is 14.0. The highest BCUT2D eigenvalue weighted by molar-refractivity contribution is 8.04. The maximum Gasteiger partial charge on any atom is 0.257 e. The van der Waals surface area contributed by atoms with Gasteiger partial charge in [0, 0.05) is 23.8 Å². The van der Waals surface area contributed by atoms with E-state index in [-0.39, 0.29) is 23.8 Å². The van der Waals surface area contributed by atoms with Crippen LogP contribution in [0.3, 0.4) is 0 Å². The quantitative estimate of drug-likeness (QED) is 0.583. The minimum absolute atomic E-state index is 0.0306. The Morgan fingerprint density at radius 2 is 1.88 bits per heavy atom. The molecule has 2 amide bonds. The van der Waals surface area contributed by atoms with Gasteiger partial charge in [0.15, 0.2) is 11.5 Å². The molecule has 1 aliphatic carbocycles. The van der Waals surface area contributed by atoms with Crippen LogP contribution in [0.15, 0.2) is 47.4 Å². The van der Waals surface area contributed by atoms with Gasteiger partial charge >= 0.3 is 0 Å². The lowest BCUT2D eigenvalue weighted by atomic mass is 9.84. The molecule has 2 fully saturated rings. The first-order chi connectivity index (χ1) is 16.5. The summed E-state index contributed by atoms with van der Waals surface area (Å²) in [5.74, 6) is 1.33. The number of hydrogen-bond donors (Lipinski definition) is 2. The Labute approximate surface area is 205 Å². The Bertz CT molecular complexity index is 1070. The fraction of sp³-hybridized carbons (Fsp3) is 0.407. The average molecular weight is 481 g/mol. The van der Waals surface area contributed by atoms with Crippen molar-refractivity contribution in [2.24, 2.45) is 5.92 Å². The number of aryl methyl sites for hydroxylation is 1. The third-order valence-electron chi connectivity index (χ3n) is 6.51. The zero-order valence-corrected chi connectivity index (χ0v) is 20.7. The lowest BCUT2D eigenvalue weighted by Gasteiger charge is -2.39. The summed E-state index contributed by atoms with van der Waals surface area (Å²) in [5.41, 5.74) is 3.30. The molecule has 4 rings (SSSR count). The third kappa shape index (κ3) is 5.76. The number of ether oxygens (including phenoxy) is 2. The van der Waals surface area contributed by atoms with Crippen LogP contribution in [0, 0.1) is 12.8 Å². The molecule has 1 saturated carbocycles. The van der Waals surface area contributed by atoms with Crippen LogP contribution in [0.1, 0.15) is 36.0 Å². The summed E-state index contributed by atoms with van der Waals surface area (Å²) < 4.78 is 10.6. The van der Waals surface area contributed by atoms with Crippen molar-refractivity contribution >= 4 is 29.7 Å². The van der Waals surface area contributed by atoms with Gasteiger partial charge in [-0.15, -0.1) is 11.8 Å². The molecule has 6 nitrogen and oxygen atoms in total. The van der Waals surface area contributed by atoms with Crippen LogP contribution in [0.4, 0.5) is 0 Å². The van der Waals surface area contributed by atoms with E-state index < -0.39 is 0 Å². The van der Waals surface area contributed by atoms with Gasteiger partial charge in [0.05, 0.1) is 19.1 Å². The lowest BCUT2D eigenvalue weighted by Crippen LogP contribution is -2.51. The molecule has 0 bridgehead atoms. The summed E-state index contributed by atoms with van der Waals surface area (Å²) >= 11 is 1.65. The van der Waals surface area contributed by atoms with Crippen molar-refractivity contribution in [2.75, 3.05) is 20.8 Å². The molecule has 0 spiro atoms. The van der Waals surface area contributed by atoms with Crippen LogP contribution < -0.4 is 20.1 Å². The number of carbonyl (C=O) groups excluding carboxylic acids is 2. The third-order valence-corrected chi connectivity index (χ3v) is 7.94. The van der Waals surface area contributed by atoms with E-state index >= 15 is 0 Å². The molecule has 7 heteroatoms. The van der Waals surface area contributed by atoms with Crippen molar-refractivity contribution in [1.29, 1.82) is 0 Å². The van der Waals surface area contributed by atoms with Gasteiger partial charge in [0.1, 0.15) is 0 Å². The molecule has 3 unspecified atom stereocenters. The molecule has 1 aliphatic heterocycles. The van der Waals surface area contributed by atoms with E-state index in [0.29, 0.717) is 36.1 Å². The number of carbonyl (C=O) groups is 2. The van der Waals surface area contributed by atoms with Crippen LogP contribution >= 0.6 is 11.8 Å². The zero-order valence-electron chi connectivity index (χ0n) is 19.9. The van der Waals surface area contributed by atoms with Crippen LogP contribution in [0.5, 0.6) is 11.5 Å². The largest absolute Gasteiger partial charge is 0.493 e. The number of thioether (sulfide) groups is 1. The number of nitrogens with one attached hydrogen (secondary N) is 2. The maximum absolute atomic E-state index is 12.8. The first-order valence-corrected chi connectivity index (χ1v) is 12.6. The summed E-state index contributed by atoms with van der Waals surface area (Å²) in [4.78, 5) is 26.3. The number of benzene rings is 2. The topological polar surface area (TPSA) is 76.7 Å². The van der Waals surface area contributed by atoms with Gasteiger partial charge in [-0.25, -0.2) is 0 Å². The Balaban J connectivity index is 1.28. The molecule has 180 valence electrons. The molecule has 1 saturated heterocycles. The number of amides is 2. The van der Waals surface area contributed by atoms with Crippen molar-refractivity contribution in [1.82, 2.24) is 10.6 Å². The van der Waals surface area contributed by atoms with Gasteiger partial charge in [-0.3, -0.25) is 9.59 Å². The van der Waals surface area contributed by atoms with E-state index in [0.717, 1.165) is 28.9 Å². The summed E-state index contributed by atoms with van der Waals surface area (Å²) in [7, 11) is 3.23. The van der Waals surface area contributed by atoms with Gasteiger partial charge in [-0.1, -0.05) is 35.9 Å². The standard InChI is InChI=1S/C27H32N2O4S/c1-17-4-6-18(7-5-17)15-25-27(31)29-21-16-20(9-11-24(21)34-25)26(30)28-13-12-19-8-10-22(32-2)23(14-19)33-3/h4-8,10,14-15,20-21,24H,9,11-13,16H2,1-3H3,(H,28,30)(H,29,31)/b25-15+. The minimum atomic E-state index is -0.0739. The van der Waals surface area contributed by atoms with E-state index in [9.17, 15) is 9.59 Å². The molecule has 2 aromatic carbocycles. The van der Waals surface area contributed by atoms with E-state index in [2.05, 4.69) is 29.7 Å². The van der Waals surface area contributed by atoms with Crippen LogP contribution in [-0.4, -0.2) is 43.9 Å². The highest BCUT2D eigenvalue weighted by Gasteiger charge is 2.39. The first kappa shape index (κ1) is 24.2. The van der Waals surface area contributed by atoms with Gasteiger partial charge in [-0.05, 0) is 61.9 Å². The molecule has 0 radical (unpaired) electrons. The van der Waals surface area contributed by atoms with Crippen LogP contribution in [0.2, 0.25) is 0 Å². The smallest absolute Gasteiger partial charge is 0.257 e. The van der Waals surface area contributed by atoms with Crippen LogP contribution in [-0.2, 0) is 16.0 Å². The van der Waals surface area contributed by atoms with Gasteiger partial charge in [0.25, 0.3) is 5.91 Å². The minimum Gasteiger partial charge on any atom is -0.493 e. The molecule has 2 aromatic rings. The normalized spacial score (nSPS) is 23.1. The molecular weight excluding hydrogens is 448 g/mol. The number of rotatable bonds is 7. The Kier molecular flexibility index (Phi) is 7.83. The van der Waals surface area contributed by atoms with Gasteiger partial charge in [0.2, 0.25) is 5.91 Å². The number of fused-ring (bicyclic) bond motifs is 1. The van der Waals surface area contributed by atoms with Gasteiger partial charge in [-0.2, -0.15) is 0 Å². The van der Waals surface area contributed by atoms with Crippen molar-refractivity contribution in [3.05, 3.63) is 64.1 Å². The molecule has 2 N–H and O–H groups in total. The van der Waals surface area contributed by atoms with Crippen molar-refractivity contribution < 1.29 is 19.1 Å². The zero-order chi connectivity index (χ0) is 24.1. The van der Waals surface area contributed by atoms with Crippen molar-refractivity contribution in [3.8, 4) is 11.5 Å². The predicted molar refractivity (Wildman–Crippen MR) is 136 cm³/mol. The Hall–Kier alpha value is -2.93. The summed E-state index contributed by atoms with van der Waals surface area (Å²) in [6.07, 6.45) is 5.11. The lowest BCUT2D eigenvalue weighted by molar-refractivity contribution is -0.127. The fourth-order valence-electron chi connectivity index (χ4n) is 4.55. The average Bonchev–Trinajstić information content (AvgIpc) is 2.85. The SMILES string of the molecule is COc1ccc(CCNC(=O)C2CCC3S/C(=C/c4ccc(C)cc4)C(=O)NC3C2)cc1OC. The molecule has 0 aromatic heterocycles. The monoisotopic (exact) mass is 480 g/mol. The molecule has 34 heavy (non-hydrogen) atoms. The van der Waals surface area contributed by atoms with Crippen LogP contribution in [0.25, 0.3) is 6.08 Å². The second-order valence-corrected chi connectivity index (χ2v) is 10.2. The van der Waals surface area contributed by atoms with E-state index in [1.807, 2.05) is 36.4 Å². The van der Waals surface area contributed by atoms with Crippen molar-refractivity contribution in [2.45, 2.75) is 43.9 Å². The second kappa shape index (κ2) is 11.0. The molecular formula is C27H32N2O4S. The highest BCUT2D eigenvalue weighted by atomic mass is 32.2. The summed E-state index contributed by atoms with van der Waals surface area (Å²) in [6.45, 7) is 2.61. The second-order valence-electron chi connectivity index (χ2n) is 8.90. The van der Waals surface area contributed by atoms with E-state index in [1.54, 1.807) is 26.0 Å². The first-order valence-electron chi connectivity index (χ1n) is 11.7. The summed E-state index contributed by atoms with van der Waals surface area (Å²) in [5, 5.41) is 6.54. The van der Waals surface area contributed by atoms with E-state index in [4.69, 9.17) is 9.47 Å². The fourth-order valence-corrected chi connectivity index (χ4v) is 5.85. The molecule has 3 atom stereocenters. The van der Waals surface area contributed by atoms with E-state index in [1.165, 1.54) is 5.56 Å². The molecule has 2 aliphatic rings. The number of hydrogen-bond acceptors (Lipinski definition) is 5.